The van der Waals surface area contributed by atoms with Gasteiger partial charge in [0, 0.05) is 15.9 Å². The molecule has 1 aromatic carbocycles. The highest BCUT2D eigenvalue weighted by Gasteiger charge is 2.49. The summed E-state index contributed by atoms with van der Waals surface area (Å²) in [6.07, 6.45) is 2.21. The van der Waals surface area contributed by atoms with Crippen LogP contribution in [0.2, 0.25) is 0 Å². The van der Waals surface area contributed by atoms with Crippen LogP contribution in [0.15, 0.2) is 28.7 Å². The minimum atomic E-state index is 0.0841. The zero-order valence-corrected chi connectivity index (χ0v) is 9.34. The van der Waals surface area contributed by atoms with E-state index in [0.29, 0.717) is 5.92 Å². The lowest BCUT2D eigenvalue weighted by Gasteiger charge is -2.07. The number of rotatable bonds is 2. The average molecular weight is 240 g/mol. The molecular formula is C11H14BrN. The first-order valence-electron chi connectivity index (χ1n) is 4.70. The molecule has 0 unspecified atom stereocenters. The maximum Gasteiger partial charge on any atom is 0.0228 e. The number of hydrogen-bond donors (Lipinski definition) is 1. The van der Waals surface area contributed by atoms with Gasteiger partial charge in [-0.25, -0.2) is 0 Å². The normalized spacial score (nSPS) is 31.8. The van der Waals surface area contributed by atoms with Gasteiger partial charge in [-0.15, -0.1) is 0 Å². The fourth-order valence-electron chi connectivity index (χ4n) is 1.88. The summed E-state index contributed by atoms with van der Waals surface area (Å²) in [5.41, 5.74) is 7.61. The molecule has 0 aromatic heterocycles. The van der Waals surface area contributed by atoms with Crippen LogP contribution in [0, 0.1) is 0 Å². The van der Waals surface area contributed by atoms with Crippen LogP contribution in [-0.4, -0.2) is 5.54 Å². The third kappa shape index (κ3) is 1.65. The predicted molar refractivity (Wildman–Crippen MR) is 58.7 cm³/mol. The molecule has 0 radical (unpaired) electrons. The molecule has 0 aliphatic heterocycles. The molecule has 1 aromatic rings. The Morgan fingerprint density at radius 2 is 2.38 bits per heavy atom. The van der Waals surface area contributed by atoms with Crippen molar-refractivity contribution < 1.29 is 0 Å². The molecule has 2 heteroatoms. The maximum atomic E-state index is 6.16. The summed E-state index contributed by atoms with van der Waals surface area (Å²) in [6.45, 7) is 2.16. The van der Waals surface area contributed by atoms with Crippen molar-refractivity contribution in [1.29, 1.82) is 0 Å². The van der Waals surface area contributed by atoms with Gasteiger partial charge in [0.2, 0.25) is 0 Å². The smallest absolute Gasteiger partial charge is 0.0228 e. The molecule has 0 bridgehead atoms. The molecule has 0 heterocycles. The van der Waals surface area contributed by atoms with E-state index in [0.717, 1.165) is 17.3 Å². The highest BCUT2D eigenvalue weighted by Crippen LogP contribution is 2.51. The van der Waals surface area contributed by atoms with E-state index in [4.69, 9.17) is 5.73 Å². The van der Waals surface area contributed by atoms with Crippen LogP contribution in [0.3, 0.4) is 0 Å². The van der Waals surface area contributed by atoms with E-state index in [9.17, 15) is 0 Å². The van der Waals surface area contributed by atoms with Crippen molar-refractivity contribution in [2.75, 3.05) is 0 Å². The third-order valence-corrected chi connectivity index (χ3v) is 3.52. The van der Waals surface area contributed by atoms with Crippen LogP contribution in [0.25, 0.3) is 0 Å². The van der Waals surface area contributed by atoms with Crippen LogP contribution in [0.1, 0.15) is 31.2 Å². The van der Waals surface area contributed by atoms with Crippen LogP contribution in [0.5, 0.6) is 0 Å². The lowest BCUT2D eigenvalue weighted by atomic mass is 10.1. The lowest BCUT2D eigenvalue weighted by molar-refractivity contribution is 0.626. The van der Waals surface area contributed by atoms with Gasteiger partial charge < -0.3 is 5.73 Å². The molecule has 1 saturated carbocycles. The van der Waals surface area contributed by atoms with E-state index in [1.165, 1.54) is 5.56 Å². The molecule has 0 saturated heterocycles. The van der Waals surface area contributed by atoms with E-state index in [1.807, 2.05) is 0 Å². The summed E-state index contributed by atoms with van der Waals surface area (Å²) in [7, 11) is 0. The van der Waals surface area contributed by atoms with Crippen molar-refractivity contribution in [1.82, 2.24) is 0 Å². The second-order valence-corrected chi connectivity index (χ2v) is 4.81. The summed E-state index contributed by atoms with van der Waals surface area (Å²) in [5.74, 6) is 0.579. The van der Waals surface area contributed by atoms with E-state index < -0.39 is 0 Å². The summed E-state index contributed by atoms with van der Waals surface area (Å²) in [4.78, 5) is 0. The standard InChI is InChI=1S/C11H14BrN/c1-2-11(13)7-10(11)8-4-3-5-9(12)6-8/h3-6,10H,2,7,13H2,1H3/t10-,11-/m1/s1. The van der Waals surface area contributed by atoms with Crippen molar-refractivity contribution in [2.45, 2.75) is 31.2 Å². The van der Waals surface area contributed by atoms with Crippen LogP contribution in [-0.2, 0) is 0 Å². The second-order valence-electron chi connectivity index (χ2n) is 3.90. The van der Waals surface area contributed by atoms with Gasteiger partial charge in [0.15, 0.2) is 0 Å². The molecule has 0 amide bonds. The van der Waals surface area contributed by atoms with Crippen LogP contribution in [0.4, 0.5) is 0 Å². The number of halogens is 1. The van der Waals surface area contributed by atoms with Crippen LogP contribution >= 0.6 is 15.9 Å². The zero-order valence-electron chi connectivity index (χ0n) is 7.76. The van der Waals surface area contributed by atoms with Gasteiger partial charge in [-0.3, -0.25) is 0 Å². The molecule has 2 rings (SSSR count). The zero-order chi connectivity index (χ0) is 9.47. The highest BCUT2D eigenvalue weighted by molar-refractivity contribution is 9.10. The topological polar surface area (TPSA) is 26.0 Å². The fraction of sp³-hybridized carbons (Fsp3) is 0.455. The van der Waals surface area contributed by atoms with Gasteiger partial charge in [0.05, 0.1) is 0 Å². The summed E-state index contributed by atoms with van der Waals surface area (Å²) < 4.78 is 1.15. The Morgan fingerprint density at radius 1 is 1.62 bits per heavy atom. The molecule has 70 valence electrons. The van der Waals surface area contributed by atoms with Crippen molar-refractivity contribution in [3.63, 3.8) is 0 Å². The number of hydrogen-bond acceptors (Lipinski definition) is 1. The quantitative estimate of drug-likeness (QED) is 0.844. The Bertz CT molecular complexity index is 324. The minimum Gasteiger partial charge on any atom is -0.325 e. The molecule has 1 aliphatic carbocycles. The highest BCUT2D eigenvalue weighted by atomic mass is 79.9. The summed E-state index contributed by atoms with van der Waals surface area (Å²) >= 11 is 3.48. The van der Waals surface area contributed by atoms with E-state index in [1.54, 1.807) is 0 Å². The SMILES string of the molecule is CC[C@@]1(N)C[C@@H]1c1cccc(Br)c1. The van der Waals surface area contributed by atoms with Gasteiger partial charge in [-0.2, -0.15) is 0 Å². The fourth-order valence-corrected chi connectivity index (χ4v) is 2.30. The Balaban J connectivity index is 2.20. The Hall–Kier alpha value is -0.340. The molecule has 2 atom stereocenters. The van der Waals surface area contributed by atoms with E-state index in [-0.39, 0.29) is 5.54 Å². The third-order valence-electron chi connectivity index (χ3n) is 3.03. The molecule has 1 fully saturated rings. The number of benzene rings is 1. The molecule has 13 heavy (non-hydrogen) atoms. The first-order chi connectivity index (χ1) is 6.15. The van der Waals surface area contributed by atoms with Crippen molar-refractivity contribution in [3.05, 3.63) is 34.3 Å². The van der Waals surface area contributed by atoms with E-state index >= 15 is 0 Å². The predicted octanol–water partition coefficient (Wildman–Crippen LogP) is 3.04. The van der Waals surface area contributed by atoms with Gasteiger partial charge in [-0.05, 0) is 30.5 Å². The molecular weight excluding hydrogens is 226 g/mol. The molecule has 1 nitrogen and oxygen atoms in total. The summed E-state index contributed by atoms with van der Waals surface area (Å²) in [6, 6.07) is 8.47. The molecule has 0 spiro atoms. The van der Waals surface area contributed by atoms with E-state index in [2.05, 4.69) is 47.1 Å². The van der Waals surface area contributed by atoms with Gasteiger partial charge in [0.25, 0.3) is 0 Å². The Morgan fingerprint density at radius 3 is 2.92 bits per heavy atom. The van der Waals surface area contributed by atoms with Gasteiger partial charge >= 0.3 is 0 Å². The van der Waals surface area contributed by atoms with Crippen molar-refractivity contribution in [2.24, 2.45) is 5.73 Å². The van der Waals surface area contributed by atoms with Crippen LogP contribution < -0.4 is 5.73 Å². The van der Waals surface area contributed by atoms with Crippen molar-refractivity contribution >= 4 is 15.9 Å². The van der Waals surface area contributed by atoms with Gasteiger partial charge in [0.1, 0.15) is 0 Å². The van der Waals surface area contributed by atoms with Crippen molar-refractivity contribution in [3.8, 4) is 0 Å². The Labute approximate surface area is 87.5 Å². The average Bonchev–Trinajstić information content (AvgIpc) is 2.79. The number of nitrogens with two attached hydrogens (primary N) is 1. The second kappa shape index (κ2) is 3.10. The molecule has 2 N–H and O–H groups in total. The van der Waals surface area contributed by atoms with Gasteiger partial charge in [-0.1, -0.05) is 35.0 Å². The maximum absolute atomic E-state index is 6.16. The lowest BCUT2D eigenvalue weighted by Crippen LogP contribution is -2.22. The first kappa shape index (κ1) is 9.22. The summed E-state index contributed by atoms with van der Waals surface area (Å²) in [5, 5.41) is 0. The monoisotopic (exact) mass is 239 g/mol. The molecule has 1 aliphatic rings. The largest absolute Gasteiger partial charge is 0.325 e. The minimum absolute atomic E-state index is 0.0841. The Kier molecular flexibility index (Phi) is 2.20. The first-order valence-corrected chi connectivity index (χ1v) is 5.49.